The number of H-pyrrole nitrogens is 2. The Bertz CT molecular complexity index is 854. The average Bonchev–Trinajstić information content (AvgIpc) is 3.22. The summed E-state index contributed by atoms with van der Waals surface area (Å²) >= 11 is 0. The van der Waals surface area contributed by atoms with Gasteiger partial charge in [0.15, 0.2) is 0 Å². The van der Waals surface area contributed by atoms with Crippen molar-refractivity contribution in [2.24, 2.45) is 0 Å². The number of hydrogen-bond acceptors (Lipinski definition) is 3. The molecule has 0 aliphatic rings. The molecular formula is C17H18FN5O. The molecule has 2 aromatic heterocycles. The molecule has 0 saturated heterocycles. The number of benzene rings is 1. The van der Waals surface area contributed by atoms with Crippen molar-refractivity contribution in [3.8, 4) is 11.3 Å². The lowest BCUT2D eigenvalue weighted by molar-refractivity contribution is 0.0928. The largest absolute Gasteiger partial charge is 0.344 e. The number of aromatic amines is 2. The average molecular weight is 327 g/mol. The van der Waals surface area contributed by atoms with Crippen LogP contribution in [0.15, 0.2) is 36.5 Å². The van der Waals surface area contributed by atoms with Crippen LogP contribution >= 0.6 is 0 Å². The number of nitrogens with zero attached hydrogens (tertiary/aromatic N) is 2. The van der Waals surface area contributed by atoms with Crippen LogP contribution in [0.3, 0.4) is 0 Å². The van der Waals surface area contributed by atoms with Crippen molar-refractivity contribution in [2.45, 2.75) is 26.3 Å². The summed E-state index contributed by atoms with van der Waals surface area (Å²) in [6.45, 7) is 3.86. The van der Waals surface area contributed by atoms with Crippen molar-refractivity contribution in [3.05, 3.63) is 59.6 Å². The third-order valence-corrected chi connectivity index (χ3v) is 3.74. The van der Waals surface area contributed by atoms with Crippen LogP contribution in [0.25, 0.3) is 11.3 Å². The first-order chi connectivity index (χ1) is 11.6. The summed E-state index contributed by atoms with van der Waals surface area (Å²) in [6.07, 6.45) is 2.41. The van der Waals surface area contributed by atoms with E-state index in [2.05, 4.69) is 25.5 Å². The molecule has 0 bridgehead atoms. The summed E-state index contributed by atoms with van der Waals surface area (Å²) in [6, 6.07) is 7.61. The number of amides is 1. The van der Waals surface area contributed by atoms with Gasteiger partial charge in [0.2, 0.25) is 0 Å². The maximum Gasteiger partial charge on any atom is 0.269 e. The number of halogens is 1. The topological polar surface area (TPSA) is 86.5 Å². The van der Waals surface area contributed by atoms with Crippen molar-refractivity contribution in [2.75, 3.05) is 0 Å². The second-order valence-electron chi connectivity index (χ2n) is 5.53. The number of aromatic nitrogens is 4. The Labute approximate surface area is 138 Å². The number of rotatable bonds is 5. The first-order valence-electron chi connectivity index (χ1n) is 7.71. The number of hydrogen-bond donors (Lipinski definition) is 3. The zero-order chi connectivity index (χ0) is 17.1. The van der Waals surface area contributed by atoms with E-state index in [-0.39, 0.29) is 23.5 Å². The lowest BCUT2D eigenvalue weighted by Crippen LogP contribution is -2.29. The Morgan fingerprint density at radius 3 is 2.83 bits per heavy atom. The van der Waals surface area contributed by atoms with E-state index in [4.69, 9.17) is 0 Å². The number of carbonyl (C=O) groups excluding carboxylic acids is 1. The van der Waals surface area contributed by atoms with E-state index >= 15 is 0 Å². The summed E-state index contributed by atoms with van der Waals surface area (Å²) in [4.78, 5) is 19.8. The summed E-state index contributed by atoms with van der Waals surface area (Å²) in [7, 11) is 0. The van der Waals surface area contributed by atoms with Gasteiger partial charge in [0.05, 0.1) is 11.7 Å². The van der Waals surface area contributed by atoms with E-state index in [1.54, 1.807) is 24.4 Å². The first kappa shape index (κ1) is 15.9. The maximum absolute atomic E-state index is 13.8. The van der Waals surface area contributed by atoms with Gasteiger partial charge in [0, 0.05) is 17.5 Å². The van der Waals surface area contributed by atoms with Crippen LogP contribution in [0, 0.1) is 12.7 Å². The molecule has 3 N–H and O–H groups in total. The first-order valence-corrected chi connectivity index (χ1v) is 7.71. The number of imidazole rings is 1. The fraction of sp³-hybridized carbons (Fsp3) is 0.235. The molecule has 7 heteroatoms. The van der Waals surface area contributed by atoms with Crippen LogP contribution in [-0.4, -0.2) is 26.1 Å². The van der Waals surface area contributed by atoms with Crippen molar-refractivity contribution in [1.82, 2.24) is 25.5 Å². The van der Waals surface area contributed by atoms with Crippen molar-refractivity contribution >= 4 is 5.91 Å². The highest BCUT2D eigenvalue weighted by Gasteiger charge is 2.19. The highest BCUT2D eigenvalue weighted by molar-refractivity contribution is 5.93. The Hall–Kier alpha value is -2.96. The number of aryl methyl sites for hydroxylation is 1. The summed E-state index contributed by atoms with van der Waals surface area (Å²) in [5, 5.41) is 9.58. The molecule has 2 heterocycles. The van der Waals surface area contributed by atoms with E-state index < -0.39 is 0 Å². The van der Waals surface area contributed by atoms with Gasteiger partial charge in [-0.05, 0) is 31.5 Å². The number of nitrogens with one attached hydrogen (secondary N) is 3. The minimum atomic E-state index is -0.381. The summed E-state index contributed by atoms with van der Waals surface area (Å²) < 4.78 is 13.8. The predicted octanol–water partition coefficient (Wildman–Crippen LogP) is 3.13. The zero-order valence-corrected chi connectivity index (χ0v) is 13.4. The Morgan fingerprint density at radius 2 is 2.17 bits per heavy atom. The van der Waals surface area contributed by atoms with E-state index in [1.165, 1.54) is 12.1 Å². The van der Waals surface area contributed by atoms with E-state index in [1.807, 2.05) is 13.8 Å². The van der Waals surface area contributed by atoms with Crippen LogP contribution in [-0.2, 0) is 0 Å². The molecule has 0 aliphatic carbocycles. The molecule has 0 fully saturated rings. The molecule has 1 amide bonds. The SMILES string of the molecule is CCC(NC(=O)c1cc(-c2ccccc2F)n[nH]1)c1ncc(C)[nH]1. The lowest BCUT2D eigenvalue weighted by Gasteiger charge is -2.13. The molecule has 1 aromatic carbocycles. The third kappa shape index (κ3) is 3.19. The van der Waals surface area contributed by atoms with Crippen LogP contribution < -0.4 is 5.32 Å². The van der Waals surface area contributed by atoms with E-state index in [0.717, 1.165) is 5.69 Å². The van der Waals surface area contributed by atoms with Crippen molar-refractivity contribution < 1.29 is 9.18 Å². The smallest absolute Gasteiger partial charge is 0.269 e. The van der Waals surface area contributed by atoms with Gasteiger partial charge in [0.25, 0.3) is 5.91 Å². The monoisotopic (exact) mass is 327 g/mol. The van der Waals surface area contributed by atoms with Gasteiger partial charge in [-0.3, -0.25) is 9.89 Å². The highest BCUT2D eigenvalue weighted by Crippen LogP contribution is 2.21. The second kappa shape index (κ2) is 6.66. The second-order valence-corrected chi connectivity index (χ2v) is 5.53. The van der Waals surface area contributed by atoms with Gasteiger partial charge >= 0.3 is 0 Å². The van der Waals surface area contributed by atoms with E-state index in [0.29, 0.717) is 23.5 Å². The molecule has 1 unspecified atom stereocenters. The Kier molecular flexibility index (Phi) is 4.41. The quantitative estimate of drug-likeness (QED) is 0.673. The maximum atomic E-state index is 13.8. The van der Waals surface area contributed by atoms with Gasteiger partial charge in [0.1, 0.15) is 17.3 Å². The molecule has 3 aromatic rings. The molecule has 0 spiro atoms. The Balaban J connectivity index is 1.77. The standard InChI is InChI=1S/C17H18FN5O/c1-3-13(16-19-9-10(2)20-16)21-17(24)15-8-14(22-23-15)11-6-4-5-7-12(11)18/h4-9,13H,3H2,1-2H3,(H,19,20)(H,21,24)(H,22,23). The molecule has 24 heavy (non-hydrogen) atoms. The number of carbonyl (C=O) groups is 1. The van der Waals surface area contributed by atoms with Crippen LogP contribution in [0.2, 0.25) is 0 Å². The molecular weight excluding hydrogens is 309 g/mol. The van der Waals surface area contributed by atoms with Gasteiger partial charge in [-0.2, -0.15) is 5.10 Å². The van der Waals surface area contributed by atoms with Gasteiger partial charge in [-0.1, -0.05) is 19.1 Å². The Morgan fingerprint density at radius 1 is 1.38 bits per heavy atom. The lowest BCUT2D eigenvalue weighted by atomic mass is 10.1. The summed E-state index contributed by atoms with van der Waals surface area (Å²) in [5.74, 6) is 0.0108. The predicted molar refractivity (Wildman–Crippen MR) is 87.8 cm³/mol. The molecule has 3 rings (SSSR count). The molecule has 124 valence electrons. The van der Waals surface area contributed by atoms with Gasteiger partial charge in [-0.25, -0.2) is 9.37 Å². The van der Waals surface area contributed by atoms with Crippen LogP contribution in [0.1, 0.15) is 41.4 Å². The molecule has 6 nitrogen and oxygen atoms in total. The minimum absolute atomic E-state index is 0.230. The highest BCUT2D eigenvalue weighted by atomic mass is 19.1. The summed E-state index contributed by atoms with van der Waals surface area (Å²) in [5.41, 5.74) is 1.94. The molecule has 1 atom stereocenters. The van der Waals surface area contributed by atoms with E-state index in [9.17, 15) is 9.18 Å². The fourth-order valence-electron chi connectivity index (χ4n) is 2.45. The molecule has 0 saturated carbocycles. The van der Waals surface area contributed by atoms with Gasteiger partial charge < -0.3 is 10.3 Å². The fourth-order valence-corrected chi connectivity index (χ4v) is 2.45. The van der Waals surface area contributed by atoms with Crippen LogP contribution in [0.5, 0.6) is 0 Å². The van der Waals surface area contributed by atoms with Crippen molar-refractivity contribution in [1.29, 1.82) is 0 Å². The van der Waals surface area contributed by atoms with Crippen LogP contribution in [0.4, 0.5) is 4.39 Å². The zero-order valence-electron chi connectivity index (χ0n) is 13.4. The van der Waals surface area contributed by atoms with Crippen molar-refractivity contribution in [3.63, 3.8) is 0 Å². The van der Waals surface area contributed by atoms with Gasteiger partial charge in [-0.15, -0.1) is 0 Å². The normalized spacial score (nSPS) is 12.1. The molecule has 0 radical (unpaired) electrons. The molecule has 0 aliphatic heterocycles. The third-order valence-electron chi connectivity index (χ3n) is 3.74. The minimum Gasteiger partial charge on any atom is -0.344 e.